The molecule has 0 saturated carbocycles. The highest BCUT2D eigenvalue weighted by Gasteiger charge is 2.30. The summed E-state index contributed by atoms with van der Waals surface area (Å²) >= 11 is 0. The maximum absolute atomic E-state index is 11.4. The van der Waals surface area contributed by atoms with Crippen LogP contribution in [0.15, 0.2) is 24.3 Å². The molecule has 0 amide bonds. The molecule has 4 heteroatoms. The summed E-state index contributed by atoms with van der Waals surface area (Å²) in [5.41, 5.74) is 1.06. The summed E-state index contributed by atoms with van der Waals surface area (Å²) in [5.74, 6) is 0.185. The molecule has 0 aromatic heterocycles. The summed E-state index contributed by atoms with van der Waals surface area (Å²) in [6.07, 6.45) is 0. The number of para-hydroxylation sites is 1. The van der Waals surface area contributed by atoms with Crippen molar-refractivity contribution in [2.75, 3.05) is 13.2 Å². The van der Waals surface area contributed by atoms with Crippen molar-refractivity contribution >= 4 is 5.97 Å². The summed E-state index contributed by atoms with van der Waals surface area (Å²) in [6, 6.07) is 7.36. The van der Waals surface area contributed by atoms with Gasteiger partial charge in [0.15, 0.2) is 0 Å². The van der Waals surface area contributed by atoms with E-state index in [1.807, 2.05) is 43.0 Å². The van der Waals surface area contributed by atoms with E-state index in [9.17, 15) is 9.90 Å². The molecule has 98 valence electrons. The second kappa shape index (κ2) is 5.40. The van der Waals surface area contributed by atoms with Gasteiger partial charge in [0.2, 0.25) is 0 Å². The minimum absolute atomic E-state index is 0.0766. The van der Waals surface area contributed by atoms with Gasteiger partial charge in [-0.3, -0.25) is 9.69 Å². The summed E-state index contributed by atoms with van der Waals surface area (Å²) in [5, 5.41) is 9.35. The van der Waals surface area contributed by atoms with E-state index in [0.717, 1.165) is 11.3 Å². The molecule has 1 unspecified atom stereocenters. The second-order valence-corrected chi connectivity index (χ2v) is 4.95. The highest BCUT2D eigenvalue weighted by atomic mass is 16.5. The maximum Gasteiger partial charge on any atom is 0.321 e. The number of hydrogen-bond acceptors (Lipinski definition) is 3. The van der Waals surface area contributed by atoms with E-state index in [-0.39, 0.29) is 5.92 Å². The molecule has 1 N–H and O–H groups in total. The number of hydrogen-bond donors (Lipinski definition) is 1. The Hall–Kier alpha value is -1.55. The van der Waals surface area contributed by atoms with Gasteiger partial charge in [0.05, 0.1) is 0 Å². The number of aliphatic carboxylic acids is 1. The van der Waals surface area contributed by atoms with Crippen LogP contribution in [0.3, 0.4) is 0 Å². The summed E-state index contributed by atoms with van der Waals surface area (Å²) in [4.78, 5) is 13.4. The van der Waals surface area contributed by atoms with E-state index >= 15 is 0 Å². The van der Waals surface area contributed by atoms with Gasteiger partial charge < -0.3 is 9.84 Å². The molecule has 0 fully saturated rings. The van der Waals surface area contributed by atoms with Crippen LogP contribution in [-0.2, 0) is 11.3 Å². The van der Waals surface area contributed by atoms with Crippen molar-refractivity contribution in [2.45, 2.75) is 26.4 Å². The predicted octanol–water partition coefficient (Wildman–Crippen LogP) is 1.99. The smallest absolute Gasteiger partial charge is 0.321 e. The number of carboxylic acids is 1. The first-order valence-electron chi connectivity index (χ1n) is 6.27. The second-order valence-electron chi connectivity index (χ2n) is 4.95. The van der Waals surface area contributed by atoms with Crippen LogP contribution in [0.5, 0.6) is 5.75 Å². The van der Waals surface area contributed by atoms with E-state index in [0.29, 0.717) is 19.7 Å². The van der Waals surface area contributed by atoms with Gasteiger partial charge in [0.1, 0.15) is 18.4 Å². The van der Waals surface area contributed by atoms with Crippen molar-refractivity contribution in [2.24, 2.45) is 5.92 Å². The lowest BCUT2D eigenvalue weighted by Crippen LogP contribution is -2.45. The van der Waals surface area contributed by atoms with Gasteiger partial charge in [0.25, 0.3) is 0 Å². The van der Waals surface area contributed by atoms with Gasteiger partial charge in [-0.05, 0) is 12.0 Å². The average molecular weight is 249 g/mol. The van der Waals surface area contributed by atoms with E-state index in [4.69, 9.17) is 4.74 Å². The molecule has 0 radical (unpaired) electrons. The fourth-order valence-corrected chi connectivity index (χ4v) is 2.45. The fourth-order valence-electron chi connectivity index (χ4n) is 2.45. The van der Waals surface area contributed by atoms with E-state index in [2.05, 4.69) is 0 Å². The highest BCUT2D eigenvalue weighted by molar-refractivity contribution is 5.73. The molecule has 1 heterocycles. The SMILES string of the molecule is CC(C)C(C(=O)O)N1CCOc2ccccc2C1. The van der Waals surface area contributed by atoms with Crippen LogP contribution in [0.4, 0.5) is 0 Å². The van der Waals surface area contributed by atoms with Gasteiger partial charge in [-0.2, -0.15) is 0 Å². The molecular weight excluding hydrogens is 230 g/mol. The van der Waals surface area contributed by atoms with E-state index in [1.165, 1.54) is 0 Å². The number of fused-ring (bicyclic) bond motifs is 1. The Labute approximate surface area is 107 Å². The molecular formula is C14H19NO3. The topological polar surface area (TPSA) is 49.8 Å². The zero-order valence-electron chi connectivity index (χ0n) is 10.8. The number of ether oxygens (including phenoxy) is 1. The first-order valence-corrected chi connectivity index (χ1v) is 6.27. The minimum Gasteiger partial charge on any atom is -0.492 e. The molecule has 1 aromatic rings. The first kappa shape index (κ1) is 12.9. The normalized spacial score (nSPS) is 17.7. The molecule has 1 atom stereocenters. The lowest BCUT2D eigenvalue weighted by Gasteiger charge is -2.29. The van der Waals surface area contributed by atoms with Crippen LogP contribution in [0.25, 0.3) is 0 Å². The largest absolute Gasteiger partial charge is 0.492 e. The van der Waals surface area contributed by atoms with Crippen molar-refractivity contribution in [1.29, 1.82) is 0 Å². The predicted molar refractivity (Wildman–Crippen MR) is 68.6 cm³/mol. The fraction of sp³-hybridized carbons (Fsp3) is 0.500. The van der Waals surface area contributed by atoms with Crippen LogP contribution in [-0.4, -0.2) is 35.2 Å². The highest BCUT2D eigenvalue weighted by Crippen LogP contribution is 2.25. The van der Waals surface area contributed by atoms with Crippen molar-refractivity contribution in [3.63, 3.8) is 0 Å². The number of carboxylic acid groups (broad SMARTS) is 1. The lowest BCUT2D eigenvalue weighted by molar-refractivity contribution is -0.145. The Kier molecular flexibility index (Phi) is 3.87. The number of rotatable bonds is 3. The Balaban J connectivity index is 2.23. The van der Waals surface area contributed by atoms with Gasteiger partial charge in [-0.25, -0.2) is 0 Å². The van der Waals surface area contributed by atoms with E-state index in [1.54, 1.807) is 0 Å². The third kappa shape index (κ3) is 2.64. The average Bonchev–Trinajstić information content (AvgIpc) is 2.49. The molecule has 2 rings (SSSR count). The third-order valence-corrected chi connectivity index (χ3v) is 3.26. The number of carbonyl (C=O) groups is 1. The molecule has 4 nitrogen and oxygen atoms in total. The van der Waals surface area contributed by atoms with Gasteiger partial charge in [0, 0.05) is 18.7 Å². The lowest BCUT2D eigenvalue weighted by atomic mass is 10.0. The molecule has 18 heavy (non-hydrogen) atoms. The van der Waals surface area contributed by atoms with Gasteiger partial charge in [-0.15, -0.1) is 0 Å². The minimum atomic E-state index is -0.760. The monoisotopic (exact) mass is 249 g/mol. The molecule has 0 saturated heterocycles. The molecule has 0 spiro atoms. The van der Waals surface area contributed by atoms with Crippen molar-refractivity contribution < 1.29 is 14.6 Å². The van der Waals surface area contributed by atoms with Crippen LogP contribution in [0.2, 0.25) is 0 Å². The Bertz CT molecular complexity index is 431. The molecule has 0 bridgehead atoms. The van der Waals surface area contributed by atoms with Crippen molar-refractivity contribution in [3.8, 4) is 5.75 Å². The molecule has 1 aliphatic heterocycles. The third-order valence-electron chi connectivity index (χ3n) is 3.26. The number of benzene rings is 1. The van der Waals surface area contributed by atoms with Gasteiger partial charge >= 0.3 is 5.97 Å². The maximum atomic E-state index is 11.4. The Morgan fingerprint density at radius 2 is 2.11 bits per heavy atom. The van der Waals surface area contributed by atoms with E-state index < -0.39 is 12.0 Å². The zero-order chi connectivity index (χ0) is 13.1. The van der Waals surface area contributed by atoms with Crippen LogP contribution >= 0.6 is 0 Å². The summed E-state index contributed by atoms with van der Waals surface area (Å²) in [7, 11) is 0. The zero-order valence-corrected chi connectivity index (χ0v) is 10.8. The van der Waals surface area contributed by atoms with Gasteiger partial charge in [-0.1, -0.05) is 32.0 Å². The first-order chi connectivity index (χ1) is 8.59. The molecule has 1 aromatic carbocycles. The quantitative estimate of drug-likeness (QED) is 0.890. The summed E-state index contributed by atoms with van der Waals surface area (Å²) < 4.78 is 5.65. The summed E-state index contributed by atoms with van der Waals surface area (Å²) in [6.45, 7) is 5.69. The standard InChI is InChI=1S/C14H19NO3/c1-10(2)13(14(16)17)15-7-8-18-12-6-4-3-5-11(12)9-15/h3-6,10,13H,7-9H2,1-2H3,(H,16,17). The van der Waals surface area contributed by atoms with Crippen LogP contribution in [0, 0.1) is 5.92 Å². The van der Waals surface area contributed by atoms with Crippen LogP contribution < -0.4 is 4.74 Å². The number of nitrogens with zero attached hydrogens (tertiary/aromatic N) is 1. The molecule has 1 aliphatic rings. The Morgan fingerprint density at radius 1 is 1.39 bits per heavy atom. The van der Waals surface area contributed by atoms with Crippen molar-refractivity contribution in [3.05, 3.63) is 29.8 Å². The Morgan fingerprint density at radius 3 is 2.78 bits per heavy atom. The van der Waals surface area contributed by atoms with Crippen LogP contribution in [0.1, 0.15) is 19.4 Å². The molecule has 0 aliphatic carbocycles. The van der Waals surface area contributed by atoms with Crippen molar-refractivity contribution in [1.82, 2.24) is 4.90 Å².